The molecule has 0 aliphatic carbocycles. The molecular formula is C28H34N4O7. The number of carbonyl (C=O) groups excluding carboxylic acids is 3. The lowest BCUT2D eigenvalue weighted by Gasteiger charge is -2.37. The molecule has 4 rings (SSSR count). The number of aromatic nitrogens is 1. The molecule has 1 fully saturated rings. The van der Waals surface area contributed by atoms with Gasteiger partial charge >= 0.3 is 11.8 Å². The summed E-state index contributed by atoms with van der Waals surface area (Å²) in [7, 11) is 1.65. The van der Waals surface area contributed by atoms with E-state index >= 15 is 0 Å². The van der Waals surface area contributed by atoms with Gasteiger partial charge in [0.1, 0.15) is 17.2 Å². The zero-order chi connectivity index (χ0) is 28.4. The van der Waals surface area contributed by atoms with Gasteiger partial charge in [-0.1, -0.05) is 30.3 Å². The fourth-order valence-corrected chi connectivity index (χ4v) is 4.52. The van der Waals surface area contributed by atoms with Crippen LogP contribution in [-0.2, 0) is 32.5 Å². The van der Waals surface area contributed by atoms with E-state index in [1.54, 1.807) is 33.9 Å². The van der Waals surface area contributed by atoms with Gasteiger partial charge in [-0.05, 0) is 49.6 Å². The normalized spacial score (nSPS) is 15.9. The van der Waals surface area contributed by atoms with Crippen molar-refractivity contribution in [2.24, 2.45) is 12.8 Å². The third kappa shape index (κ3) is 6.48. The number of nitrogens with one attached hydrogen (secondary N) is 2. The van der Waals surface area contributed by atoms with Gasteiger partial charge in [0.2, 0.25) is 11.8 Å². The summed E-state index contributed by atoms with van der Waals surface area (Å²) < 4.78 is 17.4. The fraction of sp³-hybridized carbons (Fsp3) is 0.429. The van der Waals surface area contributed by atoms with Crippen molar-refractivity contribution >= 4 is 29.0 Å². The van der Waals surface area contributed by atoms with Gasteiger partial charge < -0.3 is 30.3 Å². The maximum atomic E-state index is 13.4. The molecule has 1 unspecified atom stereocenters. The van der Waals surface area contributed by atoms with Gasteiger partial charge in [-0.15, -0.1) is 0 Å². The molecular weight excluding hydrogens is 504 g/mol. The SMILES string of the molecule is Cn1c(=O)oc2ccc(-c3ccc(CC(NC(=O)C4(NC(=O)OC(C)(C)C)CCOCC4)C(N)=O)cc3)cc21. The van der Waals surface area contributed by atoms with Crippen molar-refractivity contribution in [3.63, 3.8) is 0 Å². The Balaban J connectivity index is 1.48. The number of hydrogen-bond acceptors (Lipinski definition) is 7. The zero-order valence-electron chi connectivity index (χ0n) is 22.5. The molecule has 1 atom stereocenters. The molecule has 0 saturated carbocycles. The second-order valence-electron chi connectivity index (χ2n) is 10.8. The largest absolute Gasteiger partial charge is 0.444 e. The van der Waals surface area contributed by atoms with Crippen LogP contribution in [0.3, 0.4) is 0 Å². The van der Waals surface area contributed by atoms with E-state index in [1.807, 2.05) is 36.4 Å². The smallest absolute Gasteiger partial charge is 0.419 e. The van der Waals surface area contributed by atoms with E-state index in [2.05, 4.69) is 10.6 Å². The van der Waals surface area contributed by atoms with E-state index in [9.17, 15) is 19.2 Å². The number of primary amides is 1. The highest BCUT2D eigenvalue weighted by Crippen LogP contribution is 2.25. The monoisotopic (exact) mass is 538 g/mol. The molecule has 3 amide bonds. The molecule has 11 heteroatoms. The summed E-state index contributed by atoms with van der Waals surface area (Å²) in [5.74, 6) is -1.64. The summed E-state index contributed by atoms with van der Waals surface area (Å²) >= 11 is 0. The number of carbonyl (C=O) groups is 3. The minimum absolute atomic E-state index is 0.162. The molecule has 0 spiro atoms. The summed E-state index contributed by atoms with van der Waals surface area (Å²) in [5.41, 5.74) is 7.38. The van der Waals surface area contributed by atoms with Crippen molar-refractivity contribution in [1.82, 2.24) is 15.2 Å². The number of ether oxygens (including phenoxy) is 2. The molecule has 1 aliphatic heterocycles. The second kappa shape index (κ2) is 10.9. The molecule has 2 heterocycles. The summed E-state index contributed by atoms with van der Waals surface area (Å²) in [6, 6.07) is 11.9. The van der Waals surface area contributed by atoms with Gasteiger partial charge in [0, 0.05) is 39.5 Å². The minimum atomic E-state index is -1.29. The van der Waals surface area contributed by atoms with Gasteiger partial charge in [0.15, 0.2) is 5.58 Å². The first-order chi connectivity index (χ1) is 18.4. The summed E-state index contributed by atoms with van der Waals surface area (Å²) in [6.45, 7) is 5.73. The fourth-order valence-electron chi connectivity index (χ4n) is 4.52. The average molecular weight is 539 g/mol. The molecule has 0 radical (unpaired) electrons. The Labute approximate surface area is 225 Å². The van der Waals surface area contributed by atoms with Gasteiger partial charge in [0.05, 0.1) is 5.52 Å². The highest BCUT2D eigenvalue weighted by Gasteiger charge is 2.43. The summed E-state index contributed by atoms with van der Waals surface area (Å²) in [5, 5.41) is 5.44. The van der Waals surface area contributed by atoms with Crippen LogP contribution in [0.2, 0.25) is 0 Å². The number of amides is 3. The number of nitrogens with zero attached hydrogens (tertiary/aromatic N) is 1. The van der Waals surface area contributed by atoms with Gasteiger partial charge in [-0.25, -0.2) is 9.59 Å². The first-order valence-electron chi connectivity index (χ1n) is 12.7. The van der Waals surface area contributed by atoms with Crippen LogP contribution in [0.15, 0.2) is 51.7 Å². The number of aryl methyl sites for hydroxylation is 1. The molecule has 208 valence electrons. The molecule has 4 N–H and O–H groups in total. The van der Waals surface area contributed by atoms with E-state index in [0.717, 1.165) is 16.7 Å². The average Bonchev–Trinajstić information content (AvgIpc) is 3.16. The van der Waals surface area contributed by atoms with E-state index in [0.29, 0.717) is 11.1 Å². The molecule has 11 nitrogen and oxygen atoms in total. The van der Waals surface area contributed by atoms with Gasteiger partial charge in [0.25, 0.3) is 0 Å². The zero-order valence-corrected chi connectivity index (χ0v) is 22.5. The quantitative estimate of drug-likeness (QED) is 0.417. The lowest BCUT2D eigenvalue weighted by atomic mass is 9.88. The van der Waals surface area contributed by atoms with E-state index < -0.39 is 40.8 Å². The van der Waals surface area contributed by atoms with E-state index in [-0.39, 0.29) is 32.5 Å². The Hall–Kier alpha value is -4.12. The number of nitrogens with two attached hydrogens (primary N) is 1. The maximum absolute atomic E-state index is 13.4. The molecule has 39 heavy (non-hydrogen) atoms. The number of alkyl carbamates (subject to hydrolysis) is 1. The van der Waals surface area contributed by atoms with Crippen molar-refractivity contribution in [3.05, 3.63) is 58.6 Å². The number of fused-ring (bicyclic) bond motifs is 1. The van der Waals surface area contributed by atoms with Crippen LogP contribution in [0.4, 0.5) is 4.79 Å². The second-order valence-corrected chi connectivity index (χ2v) is 10.8. The molecule has 2 aromatic carbocycles. The van der Waals surface area contributed by atoms with Crippen LogP contribution >= 0.6 is 0 Å². The van der Waals surface area contributed by atoms with Crippen molar-refractivity contribution < 1.29 is 28.3 Å². The van der Waals surface area contributed by atoms with Crippen LogP contribution < -0.4 is 22.1 Å². The Bertz CT molecular complexity index is 1430. The molecule has 1 saturated heterocycles. The molecule has 1 aromatic heterocycles. The Morgan fingerprint density at radius 1 is 1.08 bits per heavy atom. The third-order valence-corrected chi connectivity index (χ3v) is 6.69. The van der Waals surface area contributed by atoms with Crippen LogP contribution in [0, 0.1) is 0 Å². The van der Waals surface area contributed by atoms with Gasteiger partial charge in [-0.2, -0.15) is 0 Å². The topological polar surface area (TPSA) is 155 Å². The van der Waals surface area contributed by atoms with E-state index in [1.165, 1.54) is 4.57 Å². The van der Waals surface area contributed by atoms with Crippen molar-refractivity contribution in [2.45, 2.75) is 57.2 Å². The first-order valence-corrected chi connectivity index (χ1v) is 12.7. The van der Waals surface area contributed by atoms with Crippen LogP contribution in [0.25, 0.3) is 22.2 Å². The van der Waals surface area contributed by atoms with Crippen molar-refractivity contribution in [2.75, 3.05) is 13.2 Å². The lowest BCUT2D eigenvalue weighted by molar-refractivity contribution is -0.135. The highest BCUT2D eigenvalue weighted by atomic mass is 16.6. The Morgan fingerprint density at radius 2 is 1.72 bits per heavy atom. The van der Waals surface area contributed by atoms with Crippen molar-refractivity contribution in [3.8, 4) is 11.1 Å². The highest BCUT2D eigenvalue weighted by molar-refractivity contribution is 5.94. The number of benzene rings is 2. The Kier molecular flexibility index (Phi) is 7.82. The number of rotatable bonds is 7. The van der Waals surface area contributed by atoms with Crippen molar-refractivity contribution in [1.29, 1.82) is 0 Å². The van der Waals surface area contributed by atoms with Crippen LogP contribution in [0.5, 0.6) is 0 Å². The first kappa shape index (κ1) is 27.9. The Morgan fingerprint density at radius 3 is 2.33 bits per heavy atom. The van der Waals surface area contributed by atoms with Crippen LogP contribution in [0.1, 0.15) is 39.2 Å². The number of oxazole rings is 1. The summed E-state index contributed by atoms with van der Waals surface area (Å²) in [4.78, 5) is 50.1. The van der Waals surface area contributed by atoms with Gasteiger partial charge in [-0.3, -0.25) is 14.2 Å². The molecule has 1 aliphatic rings. The third-order valence-electron chi connectivity index (χ3n) is 6.69. The lowest BCUT2D eigenvalue weighted by Crippen LogP contribution is -2.64. The number of hydrogen-bond donors (Lipinski definition) is 3. The van der Waals surface area contributed by atoms with Crippen LogP contribution in [-0.4, -0.2) is 52.9 Å². The maximum Gasteiger partial charge on any atom is 0.419 e. The molecule has 3 aromatic rings. The standard InChI is InChI=1S/C28H34N4O7/c1-27(2,3)39-25(35)31-28(11-13-37-14-12-28)24(34)30-20(23(29)33)15-17-5-7-18(8-6-17)19-9-10-22-21(16-19)32(4)26(36)38-22/h5-10,16,20H,11-15H2,1-4H3,(H2,29,33)(H,30,34)(H,31,35). The summed E-state index contributed by atoms with van der Waals surface area (Å²) in [6.07, 6.45) is -0.106. The molecule has 0 bridgehead atoms. The predicted octanol–water partition coefficient (Wildman–Crippen LogP) is 2.38. The predicted molar refractivity (Wildman–Crippen MR) is 144 cm³/mol. The minimum Gasteiger partial charge on any atom is -0.444 e. The van der Waals surface area contributed by atoms with E-state index in [4.69, 9.17) is 19.6 Å².